The van der Waals surface area contributed by atoms with Crippen LogP contribution in [0, 0.1) is 0 Å². The Labute approximate surface area is 110 Å². The lowest BCUT2D eigenvalue weighted by Gasteiger charge is -2.16. The molecule has 0 aliphatic carbocycles. The molecule has 0 fully saturated rings. The lowest BCUT2D eigenvalue weighted by molar-refractivity contribution is -0.174. The van der Waals surface area contributed by atoms with Gasteiger partial charge in [0, 0.05) is 12.6 Å². The van der Waals surface area contributed by atoms with Crippen molar-refractivity contribution in [2.75, 3.05) is 13.2 Å². The number of aryl methyl sites for hydroxylation is 1. The van der Waals surface area contributed by atoms with Gasteiger partial charge < -0.3 is 4.74 Å². The Morgan fingerprint density at radius 1 is 1.16 bits per heavy atom. The van der Waals surface area contributed by atoms with Crippen LogP contribution in [0.15, 0.2) is 30.3 Å². The third-order valence-electron chi connectivity index (χ3n) is 2.74. The maximum atomic E-state index is 11.9. The second kappa shape index (κ2) is 8.14. The summed E-state index contributed by atoms with van der Waals surface area (Å²) in [7, 11) is 0. The molecule has 108 valence electrons. The molecule has 0 bridgehead atoms. The first-order valence-corrected chi connectivity index (χ1v) is 6.16. The van der Waals surface area contributed by atoms with E-state index < -0.39 is 12.8 Å². The van der Waals surface area contributed by atoms with Crippen LogP contribution in [0.4, 0.5) is 13.2 Å². The summed E-state index contributed by atoms with van der Waals surface area (Å²) in [4.78, 5) is 0. The molecule has 1 atom stereocenters. The minimum atomic E-state index is -4.27. The van der Waals surface area contributed by atoms with E-state index in [1.165, 1.54) is 5.56 Å². The molecule has 1 rings (SSSR count). The van der Waals surface area contributed by atoms with Crippen molar-refractivity contribution in [3.05, 3.63) is 35.9 Å². The first kappa shape index (κ1) is 15.9. The Morgan fingerprint density at radius 2 is 1.84 bits per heavy atom. The molecule has 3 nitrogen and oxygen atoms in total. The summed E-state index contributed by atoms with van der Waals surface area (Å²) in [5.41, 5.74) is 3.79. The summed E-state index contributed by atoms with van der Waals surface area (Å²) in [6.07, 6.45) is -2.22. The molecule has 0 heterocycles. The van der Waals surface area contributed by atoms with Crippen molar-refractivity contribution in [2.24, 2.45) is 5.84 Å². The lowest BCUT2D eigenvalue weighted by atomic mass is 10.0. The highest BCUT2D eigenvalue weighted by Gasteiger charge is 2.27. The van der Waals surface area contributed by atoms with Crippen LogP contribution in [0.1, 0.15) is 18.4 Å². The summed E-state index contributed by atoms with van der Waals surface area (Å²) in [6.45, 7) is -1.16. The van der Waals surface area contributed by atoms with Gasteiger partial charge in [-0.3, -0.25) is 11.3 Å². The number of hydrogen-bond donors (Lipinski definition) is 2. The molecule has 0 radical (unpaired) electrons. The normalized spacial score (nSPS) is 13.5. The van der Waals surface area contributed by atoms with Crippen LogP contribution in [0.5, 0.6) is 0 Å². The Morgan fingerprint density at radius 3 is 2.42 bits per heavy atom. The second-order valence-corrected chi connectivity index (χ2v) is 4.34. The van der Waals surface area contributed by atoms with E-state index in [4.69, 9.17) is 5.84 Å². The van der Waals surface area contributed by atoms with E-state index in [0.29, 0.717) is 6.42 Å². The zero-order valence-corrected chi connectivity index (χ0v) is 10.6. The van der Waals surface area contributed by atoms with Crippen molar-refractivity contribution < 1.29 is 17.9 Å². The van der Waals surface area contributed by atoms with Gasteiger partial charge in [0.1, 0.15) is 6.61 Å². The highest BCUT2D eigenvalue weighted by atomic mass is 19.4. The fourth-order valence-corrected chi connectivity index (χ4v) is 1.71. The molecular formula is C13H19F3N2O. The standard InChI is InChI=1S/C13H19F3N2O/c14-13(15,16)10-19-9-8-12(18-17)7-6-11-4-2-1-3-5-11/h1-5,12,18H,6-10,17H2. The smallest absolute Gasteiger partial charge is 0.372 e. The Bertz CT molecular complexity index is 343. The van der Waals surface area contributed by atoms with E-state index in [-0.39, 0.29) is 12.6 Å². The molecule has 0 saturated heterocycles. The first-order valence-electron chi connectivity index (χ1n) is 6.16. The molecule has 0 amide bonds. The zero-order chi connectivity index (χ0) is 14.1. The van der Waals surface area contributed by atoms with Gasteiger partial charge in [-0.05, 0) is 24.8 Å². The molecule has 0 aliphatic heterocycles. The molecule has 0 spiro atoms. The molecule has 0 aliphatic rings. The van der Waals surface area contributed by atoms with Crippen molar-refractivity contribution in [1.29, 1.82) is 0 Å². The van der Waals surface area contributed by atoms with Crippen molar-refractivity contribution in [2.45, 2.75) is 31.5 Å². The fourth-order valence-electron chi connectivity index (χ4n) is 1.71. The van der Waals surface area contributed by atoms with E-state index >= 15 is 0 Å². The molecule has 6 heteroatoms. The summed E-state index contributed by atoms with van der Waals surface area (Å²) < 4.78 is 40.2. The SMILES string of the molecule is NNC(CCOCC(F)(F)F)CCc1ccccc1. The average Bonchev–Trinajstić information content (AvgIpc) is 2.38. The number of nitrogens with one attached hydrogen (secondary N) is 1. The van der Waals surface area contributed by atoms with E-state index in [0.717, 1.165) is 12.8 Å². The summed E-state index contributed by atoms with van der Waals surface area (Å²) >= 11 is 0. The number of halogens is 3. The van der Waals surface area contributed by atoms with Crippen LogP contribution in [-0.4, -0.2) is 25.4 Å². The van der Waals surface area contributed by atoms with E-state index in [1.54, 1.807) is 0 Å². The van der Waals surface area contributed by atoms with E-state index in [9.17, 15) is 13.2 Å². The molecule has 0 aromatic heterocycles. The van der Waals surface area contributed by atoms with Crippen molar-refractivity contribution in [3.8, 4) is 0 Å². The van der Waals surface area contributed by atoms with Gasteiger partial charge in [0.05, 0.1) is 0 Å². The van der Waals surface area contributed by atoms with E-state index in [1.807, 2.05) is 30.3 Å². The predicted octanol–water partition coefficient (Wildman–Crippen LogP) is 2.42. The monoisotopic (exact) mass is 276 g/mol. The zero-order valence-electron chi connectivity index (χ0n) is 10.6. The van der Waals surface area contributed by atoms with Crippen LogP contribution in [-0.2, 0) is 11.2 Å². The first-order chi connectivity index (χ1) is 9.01. The van der Waals surface area contributed by atoms with Crippen LogP contribution < -0.4 is 11.3 Å². The minimum absolute atomic E-state index is 0.0448. The summed E-state index contributed by atoms with van der Waals surface area (Å²) in [5, 5.41) is 0. The van der Waals surface area contributed by atoms with E-state index in [2.05, 4.69) is 10.2 Å². The number of nitrogens with two attached hydrogens (primary N) is 1. The van der Waals surface area contributed by atoms with Gasteiger partial charge in [0.15, 0.2) is 0 Å². The molecule has 1 aromatic rings. The molecule has 3 N–H and O–H groups in total. The molecule has 1 aromatic carbocycles. The fraction of sp³-hybridized carbons (Fsp3) is 0.538. The van der Waals surface area contributed by atoms with Gasteiger partial charge >= 0.3 is 6.18 Å². The summed E-state index contributed by atoms with van der Waals surface area (Å²) in [5.74, 6) is 5.38. The quantitative estimate of drug-likeness (QED) is 0.435. The van der Waals surface area contributed by atoms with Crippen LogP contribution in [0.3, 0.4) is 0 Å². The van der Waals surface area contributed by atoms with Crippen LogP contribution in [0.2, 0.25) is 0 Å². The van der Waals surface area contributed by atoms with Gasteiger partial charge in [-0.15, -0.1) is 0 Å². The predicted molar refractivity (Wildman–Crippen MR) is 67.4 cm³/mol. The second-order valence-electron chi connectivity index (χ2n) is 4.34. The highest BCUT2D eigenvalue weighted by molar-refractivity contribution is 5.14. The lowest BCUT2D eigenvalue weighted by Crippen LogP contribution is -2.36. The molecule has 0 saturated carbocycles. The largest absolute Gasteiger partial charge is 0.411 e. The maximum absolute atomic E-state index is 11.9. The van der Waals surface area contributed by atoms with Crippen molar-refractivity contribution in [3.63, 3.8) is 0 Å². The van der Waals surface area contributed by atoms with Gasteiger partial charge in [-0.1, -0.05) is 30.3 Å². The number of hydrazine groups is 1. The van der Waals surface area contributed by atoms with Crippen molar-refractivity contribution in [1.82, 2.24) is 5.43 Å². The molecular weight excluding hydrogens is 257 g/mol. The Kier molecular flexibility index (Phi) is 6.83. The number of benzene rings is 1. The number of alkyl halides is 3. The average molecular weight is 276 g/mol. The van der Waals surface area contributed by atoms with Crippen LogP contribution in [0.25, 0.3) is 0 Å². The van der Waals surface area contributed by atoms with Gasteiger partial charge in [-0.25, -0.2) is 0 Å². The Hall–Kier alpha value is -1.11. The number of ether oxygens (including phenoxy) is 1. The van der Waals surface area contributed by atoms with Gasteiger partial charge in [-0.2, -0.15) is 13.2 Å². The summed E-state index contributed by atoms with van der Waals surface area (Å²) in [6, 6.07) is 9.81. The number of rotatable bonds is 8. The van der Waals surface area contributed by atoms with Crippen LogP contribution >= 0.6 is 0 Å². The molecule has 1 unspecified atom stereocenters. The third kappa shape index (κ3) is 7.81. The third-order valence-corrected chi connectivity index (χ3v) is 2.74. The Balaban J connectivity index is 2.19. The van der Waals surface area contributed by atoms with Crippen molar-refractivity contribution >= 4 is 0 Å². The number of hydrogen-bond acceptors (Lipinski definition) is 3. The topological polar surface area (TPSA) is 47.3 Å². The maximum Gasteiger partial charge on any atom is 0.411 e. The minimum Gasteiger partial charge on any atom is -0.372 e. The van der Waals surface area contributed by atoms with Gasteiger partial charge in [0.25, 0.3) is 0 Å². The molecule has 19 heavy (non-hydrogen) atoms. The highest BCUT2D eigenvalue weighted by Crippen LogP contribution is 2.15. The van der Waals surface area contributed by atoms with Gasteiger partial charge in [0.2, 0.25) is 0 Å².